The van der Waals surface area contributed by atoms with E-state index >= 15 is 0 Å². The summed E-state index contributed by atoms with van der Waals surface area (Å²) in [7, 11) is 0. The predicted octanol–water partition coefficient (Wildman–Crippen LogP) is 2.97. The van der Waals surface area contributed by atoms with Crippen LogP contribution in [0.4, 0.5) is 0 Å². The molecule has 90 valence electrons. The summed E-state index contributed by atoms with van der Waals surface area (Å²) in [5, 5.41) is 8.54. The SMILES string of the molecule is O=C(O)/C=C/c1cncc(Oc2ccccc2)c1. The molecular weight excluding hydrogens is 230 g/mol. The number of carbonyl (C=O) groups is 1. The molecule has 0 fully saturated rings. The highest BCUT2D eigenvalue weighted by Gasteiger charge is 1.98. The average molecular weight is 241 g/mol. The summed E-state index contributed by atoms with van der Waals surface area (Å²) in [5.41, 5.74) is 0.672. The lowest BCUT2D eigenvalue weighted by Gasteiger charge is -2.05. The zero-order chi connectivity index (χ0) is 12.8. The highest BCUT2D eigenvalue weighted by molar-refractivity contribution is 5.85. The van der Waals surface area contributed by atoms with E-state index in [4.69, 9.17) is 9.84 Å². The fraction of sp³-hybridized carbons (Fsp3) is 0. The lowest BCUT2D eigenvalue weighted by molar-refractivity contribution is -0.131. The van der Waals surface area contributed by atoms with E-state index in [9.17, 15) is 4.79 Å². The molecule has 2 aromatic rings. The van der Waals surface area contributed by atoms with E-state index in [1.165, 1.54) is 6.08 Å². The minimum atomic E-state index is -0.996. The Morgan fingerprint density at radius 3 is 2.67 bits per heavy atom. The van der Waals surface area contributed by atoms with Crippen molar-refractivity contribution in [2.75, 3.05) is 0 Å². The van der Waals surface area contributed by atoms with Crippen molar-refractivity contribution in [2.45, 2.75) is 0 Å². The van der Waals surface area contributed by atoms with Crippen LogP contribution >= 0.6 is 0 Å². The molecule has 0 unspecified atom stereocenters. The third kappa shape index (κ3) is 3.45. The van der Waals surface area contributed by atoms with Crippen molar-refractivity contribution < 1.29 is 14.6 Å². The van der Waals surface area contributed by atoms with Crippen LogP contribution in [0, 0.1) is 0 Å². The van der Waals surface area contributed by atoms with Crippen molar-refractivity contribution >= 4 is 12.0 Å². The van der Waals surface area contributed by atoms with Gasteiger partial charge in [0.25, 0.3) is 0 Å². The molecule has 0 atom stereocenters. The first-order valence-corrected chi connectivity index (χ1v) is 5.33. The molecule has 0 spiro atoms. The second-order valence-electron chi connectivity index (χ2n) is 3.54. The molecule has 1 aromatic heterocycles. The van der Waals surface area contributed by atoms with Gasteiger partial charge in [-0.25, -0.2) is 4.79 Å². The molecule has 1 aromatic carbocycles. The summed E-state index contributed by atoms with van der Waals surface area (Å²) in [6.07, 6.45) is 5.67. The van der Waals surface area contributed by atoms with Crippen LogP contribution < -0.4 is 4.74 Å². The second kappa shape index (κ2) is 5.63. The highest BCUT2D eigenvalue weighted by Crippen LogP contribution is 2.21. The minimum Gasteiger partial charge on any atom is -0.478 e. The zero-order valence-electron chi connectivity index (χ0n) is 9.48. The molecule has 18 heavy (non-hydrogen) atoms. The Morgan fingerprint density at radius 1 is 1.17 bits per heavy atom. The Kier molecular flexibility index (Phi) is 3.71. The maximum absolute atomic E-state index is 10.4. The summed E-state index contributed by atoms with van der Waals surface area (Å²) in [4.78, 5) is 14.4. The van der Waals surface area contributed by atoms with E-state index in [1.54, 1.807) is 18.5 Å². The molecule has 0 saturated carbocycles. The maximum atomic E-state index is 10.4. The van der Waals surface area contributed by atoms with E-state index < -0.39 is 5.97 Å². The Hall–Kier alpha value is -2.62. The molecule has 4 heteroatoms. The Bertz CT molecular complexity index is 564. The van der Waals surface area contributed by atoms with E-state index in [-0.39, 0.29) is 0 Å². The lowest BCUT2D eigenvalue weighted by atomic mass is 10.2. The van der Waals surface area contributed by atoms with Crippen molar-refractivity contribution in [3.05, 3.63) is 60.4 Å². The monoisotopic (exact) mass is 241 g/mol. The summed E-state index contributed by atoms with van der Waals surface area (Å²) < 4.78 is 5.58. The van der Waals surface area contributed by atoms with Gasteiger partial charge in [0.05, 0.1) is 6.20 Å². The third-order valence-corrected chi connectivity index (χ3v) is 2.13. The molecule has 4 nitrogen and oxygen atoms in total. The van der Waals surface area contributed by atoms with Crippen molar-refractivity contribution in [1.29, 1.82) is 0 Å². The summed E-state index contributed by atoms with van der Waals surface area (Å²) >= 11 is 0. The number of ether oxygens (including phenoxy) is 1. The predicted molar refractivity (Wildman–Crippen MR) is 67.4 cm³/mol. The number of carboxylic acid groups (broad SMARTS) is 1. The number of para-hydroxylation sites is 1. The number of aliphatic carboxylic acids is 1. The van der Waals surface area contributed by atoms with Crippen molar-refractivity contribution in [1.82, 2.24) is 4.98 Å². The van der Waals surface area contributed by atoms with Crippen LogP contribution in [0.1, 0.15) is 5.56 Å². The number of pyridine rings is 1. The fourth-order valence-corrected chi connectivity index (χ4v) is 1.37. The van der Waals surface area contributed by atoms with Gasteiger partial charge in [0.1, 0.15) is 11.5 Å². The highest BCUT2D eigenvalue weighted by atomic mass is 16.5. The first-order valence-electron chi connectivity index (χ1n) is 5.33. The van der Waals surface area contributed by atoms with Crippen LogP contribution in [0.3, 0.4) is 0 Å². The van der Waals surface area contributed by atoms with Gasteiger partial charge in [-0.2, -0.15) is 0 Å². The van der Waals surface area contributed by atoms with Crippen molar-refractivity contribution in [3.63, 3.8) is 0 Å². The molecule has 0 amide bonds. The molecule has 1 N–H and O–H groups in total. The topological polar surface area (TPSA) is 59.4 Å². The number of benzene rings is 1. The standard InChI is InChI=1S/C14H11NO3/c16-14(17)7-6-11-8-13(10-15-9-11)18-12-4-2-1-3-5-12/h1-10H,(H,16,17)/b7-6+. The fourth-order valence-electron chi connectivity index (χ4n) is 1.37. The van der Waals surface area contributed by atoms with Crippen molar-refractivity contribution in [3.8, 4) is 11.5 Å². The quantitative estimate of drug-likeness (QED) is 0.836. The van der Waals surface area contributed by atoms with Gasteiger partial charge in [0.15, 0.2) is 0 Å². The van der Waals surface area contributed by atoms with Crippen LogP contribution in [-0.4, -0.2) is 16.1 Å². The molecular formula is C14H11NO3. The number of aromatic nitrogens is 1. The number of carboxylic acids is 1. The van der Waals surface area contributed by atoms with Gasteiger partial charge in [-0.3, -0.25) is 4.98 Å². The van der Waals surface area contributed by atoms with Crippen LogP contribution in [0.2, 0.25) is 0 Å². The van der Waals surface area contributed by atoms with E-state index in [0.717, 1.165) is 6.08 Å². The average Bonchev–Trinajstić information content (AvgIpc) is 2.38. The Balaban J connectivity index is 2.15. The molecule has 0 radical (unpaired) electrons. The Labute approximate surface area is 104 Å². The normalized spacial score (nSPS) is 10.4. The van der Waals surface area contributed by atoms with Gasteiger partial charge in [-0.1, -0.05) is 18.2 Å². The molecule has 0 aliphatic rings. The largest absolute Gasteiger partial charge is 0.478 e. The Morgan fingerprint density at radius 2 is 1.94 bits per heavy atom. The van der Waals surface area contributed by atoms with Gasteiger partial charge in [0.2, 0.25) is 0 Å². The smallest absolute Gasteiger partial charge is 0.328 e. The van der Waals surface area contributed by atoms with Gasteiger partial charge < -0.3 is 9.84 Å². The number of hydrogen-bond donors (Lipinski definition) is 1. The molecule has 0 aliphatic heterocycles. The molecule has 0 bridgehead atoms. The van der Waals surface area contributed by atoms with E-state index in [0.29, 0.717) is 17.1 Å². The second-order valence-corrected chi connectivity index (χ2v) is 3.54. The number of nitrogens with zero attached hydrogens (tertiary/aromatic N) is 1. The number of hydrogen-bond acceptors (Lipinski definition) is 3. The third-order valence-electron chi connectivity index (χ3n) is 2.13. The van der Waals surface area contributed by atoms with E-state index in [2.05, 4.69) is 4.98 Å². The van der Waals surface area contributed by atoms with Crippen LogP contribution in [-0.2, 0) is 4.79 Å². The first kappa shape index (κ1) is 11.9. The summed E-state index contributed by atoms with van der Waals surface area (Å²) in [6, 6.07) is 11.0. The van der Waals surface area contributed by atoms with Gasteiger partial charge >= 0.3 is 5.97 Å². The van der Waals surface area contributed by atoms with Gasteiger partial charge in [-0.15, -0.1) is 0 Å². The van der Waals surface area contributed by atoms with Gasteiger partial charge in [0, 0.05) is 12.3 Å². The van der Waals surface area contributed by atoms with Gasteiger partial charge in [-0.05, 0) is 29.8 Å². The summed E-state index contributed by atoms with van der Waals surface area (Å²) in [6.45, 7) is 0. The van der Waals surface area contributed by atoms with Crippen LogP contribution in [0.25, 0.3) is 6.08 Å². The minimum absolute atomic E-state index is 0.564. The van der Waals surface area contributed by atoms with E-state index in [1.807, 2.05) is 30.3 Å². The first-order chi connectivity index (χ1) is 8.74. The molecule has 1 heterocycles. The zero-order valence-corrected chi connectivity index (χ0v) is 9.48. The number of rotatable bonds is 4. The van der Waals surface area contributed by atoms with Crippen molar-refractivity contribution in [2.24, 2.45) is 0 Å². The summed E-state index contributed by atoms with van der Waals surface area (Å²) in [5.74, 6) is 0.275. The van der Waals surface area contributed by atoms with Crippen LogP contribution in [0.15, 0.2) is 54.9 Å². The van der Waals surface area contributed by atoms with Crippen LogP contribution in [0.5, 0.6) is 11.5 Å². The lowest BCUT2D eigenvalue weighted by Crippen LogP contribution is -1.88. The molecule has 2 rings (SSSR count). The molecule has 0 aliphatic carbocycles. The molecule has 0 saturated heterocycles. The maximum Gasteiger partial charge on any atom is 0.328 e.